The molecule has 2 rings (SSSR count). The summed E-state index contributed by atoms with van der Waals surface area (Å²) in [4.78, 5) is 4.26. The summed E-state index contributed by atoms with van der Waals surface area (Å²) in [6.45, 7) is 4.84. The molecule has 1 fully saturated rings. The minimum Gasteiger partial charge on any atom is -0.376 e. The van der Waals surface area contributed by atoms with Crippen LogP contribution in [0.15, 0.2) is 18.3 Å². The van der Waals surface area contributed by atoms with E-state index in [-0.39, 0.29) is 6.10 Å². The van der Waals surface area contributed by atoms with Gasteiger partial charge in [0.25, 0.3) is 0 Å². The van der Waals surface area contributed by atoms with E-state index in [2.05, 4.69) is 10.3 Å². The van der Waals surface area contributed by atoms with Crippen molar-refractivity contribution in [2.24, 2.45) is 0 Å². The van der Waals surface area contributed by atoms with E-state index >= 15 is 0 Å². The third kappa shape index (κ3) is 2.91. The molecule has 1 N–H and O–H groups in total. The first kappa shape index (κ1) is 10.4. The SMILES string of the molecule is Cc1cccnc1NCC1COCCO1. The molecule has 0 saturated carbocycles. The first-order valence-corrected chi connectivity index (χ1v) is 5.21. The molecular weight excluding hydrogens is 192 g/mol. The van der Waals surface area contributed by atoms with Crippen molar-refractivity contribution in [3.8, 4) is 0 Å². The minimum atomic E-state index is 0.139. The summed E-state index contributed by atoms with van der Waals surface area (Å²) in [5, 5.41) is 3.27. The summed E-state index contributed by atoms with van der Waals surface area (Å²) in [5.41, 5.74) is 1.15. The zero-order valence-electron chi connectivity index (χ0n) is 8.90. The Morgan fingerprint density at radius 2 is 2.47 bits per heavy atom. The maximum absolute atomic E-state index is 5.52. The molecule has 1 aromatic rings. The maximum Gasteiger partial charge on any atom is 0.128 e. The Labute approximate surface area is 89.6 Å². The second kappa shape index (κ2) is 5.09. The van der Waals surface area contributed by atoms with Crippen LogP contribution in [0, 0.1) is 6.92 Å². The molecule has 1 atom stereocenters. The number of ether oxygens (including phenoxy) is 2. The normalized spacial score (nSPS) is 21.3. The van der Waals surface area contributed by atoms with Crippen LogP contribution in [-0.4, -0.2) is 37.5 Å². The van der Waals surface area contributed by atoms with Gasteiger partial charge < -0.3 is 14.8 Å². The summed E-state index contributed by atoms with van der Waals surface area (Å²) in [5.74, 6) is 0.923. The molecule has 4 nitrogen and oxygen atoms in total. The number of aryl methyl sites for hydroxylation is 1. The van der Waals surface area contributed by atoms with Gasteiger partial charge in [-0.15, -0.1) is 0 Å². The van der Waals surface area contributed by atoms with Crippen molar-refractivity contribution in [1.82, 2.24) is 4.98 Å². The van der Waals surface area contributed by atoms with Crippen LogP contribution < -0.4 is 5.32 Å². The van der Waals surface area contributed by atoms with E-state index < -0.39 is 0 Å². The summed E-state index contributed by atoms with van der Waals surface area (Å²) in [7, 11) is 0. The lowest BCUT2D eigenvalue weighted by molar-refractivity contribution is -0.0819. The first-order valence-electron chi connectivity index (χ1n) is 5.21. The Bertz CT molecular complexity index is 311. The lowest BCUT2D eigenvalue weighted by Crippen LogP contribution is -2.34. The van der Waals surface area contributed by atoms with Crippen molar-refractivity contribution >= 4 is 5.82 Å². The van der Waals surface area contributed by atoms with Crippen LogP contribution in [0.1, 0.15) is 5.56 Å². The van der Waals surface area contributed by atoms with Gasteiger partial charge in [0.1, 0.15) is 5.82 Å². The third-order valence-electron chi connectivity index (χ3n) is 2.39. The number of aromatic nitrogens is 1. The smallest absolute Gasteiger partial charge is 0.128 e. The number of hydrogen-bond acceptors (Lipinski definition) is 4. The van der Waals surface area contributed by atoms with Crippen molar-refractivity contribution in [1.29, 1.82) is 0 Å². The molecule has 1 saturated heterocycles. The van der Waals surface area contributed by atoms with Crippen molar-refractivity contribution in [2.75, 3.05) is 31.7 Å². The topological polar surface area (TPSA) is 43.4 Å². The molecule has 0 aliphatic carbocycles. The number of hydrogen-bond donors (Lipinski definition) is 1. The van der Waals surface area contributed by atoms with Gasteiger partial charge in [0.15, 0.2) is 0 Å². The van der Waals surface area contributed by atoms with Crippen LogP contribution >= 0.6 is 0 Å². The van der Waals surface area contributed by atoms with Crippen molar-refractivity contribution in [3.63, 3.8) is 0 Å². The number of anilines is 1. The number of nitrogens with one attached hydrogen (secondary N) is 1. The van der Waals surface area contributed by atoms with Crippen LogP contribution in [0.2, 0.25) is 0 Å². The highest BCUT2D eigenvalue weighted by Gasteiger charge is 2.14. The summed E-state index contributed by atoms with van der Waals surface area (Å²) in [6, 6.07) is 3.97. The Morgan fingerprint density at radius 1 is 1.53 bits per heavy atom. The van der Waals surface area contributed by atoms with E-state index in [1.807, 2.05) is 19.1 Å². The minimum absolute atomic E-state index is 0.139. The number of nitrogens with zero attached hydrogens (tertiary/aromatic N) is 1. The zero-order valence-corrected chi connectivity index (χ0v) is 8.90. The fourth-order valence-electron chi connectivity index (χ4n) is 1.54. The molecule has 1 aromatic heterocycles. The zero-order chi connectivity index (χ0) is 10.5. The molecule has 0 bridgehead atoms. The van der Waals surface area contributed by atoms with E-state index in [4.69, 9.17) is 9.47 Å². The summed E-state index contributed by atoms with van der Waals surface area (Å²) in [6.07, 6.45) is 1.92. The fourth-order valence-corrected chi connectivity index (χ4v) is 1.54. The molecule has 0 aromatic carbocycles. The Morgan fingerprint density at radius 3 is 3.20 bits per heavy atom. The molecule has 0 spiro atoms. The predicted molar refractivity (Wildman–Crippen MR) is 58.0 cm³/mol. The van der Waals surface area contributed by atoms with Gasteiger partial charge in [-0.25, -0.2) is 4.98 Å². The Hall–Kier alpha value is -1.13. The highest BCUT2D eigenvalue weighted by Crippen LogP contribution is 2.10. The van der Waals surface area contributed by atoms with E-state index in [1.165, 1.54) is 0 Å². The molecule has 1 aliphatic rings. The molecule has 4 heteroatoms. The second-order valence-electron chi connectivity index (χ2n) is 3.62. The average molecular weight is 208 g/mol. The molecular formula is C11H16N2O2. The summed E-state index contributed by atoms with van der Waals surface area (Å²) < 4.78 is 10.8. The lowest BCUT2D eigenvalue weighted by atomic mass is 10.3. The molecule has 0 amide bonds. The molecule has 82 valence electrons. The van der Waals surface area contributed by atoms with Crippen molar-refractivity contribution < 1.29 is 9.47 Å². The molecule has 2 heterocycles. The Kier molecular flexibility index (Phi) is 3.53. The van der Waals surface area contributed by atoms with Gasteiger partial charge >= 0.3 is 0 Å². The van der Waals surface area contributed by atoms with E-state index in [1.54, 1.807) is 6.20 Å². The van der Waals surface area contributed by atoms with E-state index in [0.717, 1.165) is 17.9 Å². The van der Waals surface area contributed by atoms with Crippen LogP contribution in [0.3, 0.4) is 0 Å². The Balaban J connectivity index is 1.84. The highest BCUT2D eigenvalue weighted by atomic mass is 16.6. The van der Waals surface area contributed by atoms with Gasteiger partial charge in [-0.1, -0.05) is 6.07 Å². The van der Waals surface area contributed by atoms with Crippen LogP contribution in [0.5, 0.6) is 0 Å². The second-order valence-corrected chi connectivity index (χ2v) is 3.62. The molecule has 1 aliphatic heterocycles. The summed E-state index contributed by atoms with van der Waals surface area (Å²) >= 11 is 0. The third-order valence-corrected chi connectivity index (χ3v) is 2.39. The van der Waals surface area contributed by atoms with Gasteiger partial charge in [0.05, 0.1) is 25.9 Å². The van der Waals surface area contributed by atoms with E-state index in [0.29, 0.717) is 19.8 Å². The average Bonchev–Trinajstić information content (AvgIpc) is 2.29. The first-order chi connectivity index (χ1) is 7.36. The van der Waals surface area contributed by atoms with Crippen molar-refractivity contribution in [3.05, 3.63) is 23.9 Å². The highest BCUT2D eigenvalue weighted by molar-refractivity contribution is 5.42. The van der Waals surface area contributed by atoms with Gasteiger partial charge in [0, 0.05) is 12.7 Å². The van der Waals surface area contributed by atoms with Crippen LogP contribution in [0.25, 0.3) is 0 Å². The van der Waals surface area contributed by atoms with Crippen LogP contribution in [-0.2, 0) is 9.47 Å². The number of rotatable bonds is 3. The van der Waals surface area contributed by atoms with Crippen LogP contribution in [0.4, 0.5) is 5.82 Å². The lowest BCUT2D eigenvalue weighted by Gasteiger charge is -2.23. The van der Waals surface area contributed by atoms with Gasteiger partial charge in [-0.05, 0) is 18.6 Å². The number of pyridine rings is 1. The van der Waals surface area contributed by atoms with Crippen molar-refractivity contribution in [2.45, 2.75) is 13.0 Å². The predicted octanol–water partition coefficient (Wildman–Crippen LogP) is 1.22. The fraction of sp³-hybridized carbons (Fsp3) is 0.545. The maximum atomic E-state index is 5.52. The quantitative estimate of drug-likeness (QED) is 0.811. The van der Waals surface area contributed by atoms with Gasteiger partial charge in [-0.3, -0.25) is 0 Å². The molecule has 15 heavy (non-hydrogen) atoms. The van der Waals surface area contributed by atoms with Gasteiger partial charge in [-0.2, -0.15) is 0 Å². The van der Waals surface area contributed by atoms with Gasteiger partial charge in [0.2, 0.25) is 0 Å². The van der Waals surface area contributed by atoms with E-state index in [9.17, 15) is 0 Å². The molecule has 0 radical (unpaired) electrons. The monoisotopic (exact) mass is 208 g/mol. The standard InChI is InChI=1S/C11H16N2O2/c1-9-3-2-4-12-11(9)13-7-10-8-14-5-6-15-10/h2-4,10H,5-8H2,1H3,(H,12,13). The largest absolute Gasteiger partial charge is 0.376 e. The molecule has 1 unspecified atom stereocenters.